The molecule has 2 aliphatic heterocycles. The fourth-order valence-corrected chi connectivity index (χ4v) is 3.91. The molecule has 1 aromatic rings. The molecular weight excluding hydrogens is 334 g/mol. The van der Waals surface area contributed by atoms with Gasteiger partial charge in [-0.15, -0.1) is 0 Å². The van der Waals surface area contributed by atoms with Gasteiger partial charge in [-0.25, -0.2) is 0 Å². The second kappa shape index (κ2) is 6.36. The number of hydrogen-bond donors (Lipinski definition) is 1. The Labute approximate surface area is 134 Å². The van der Waals surface area contributed by atoms with Crippen LogP contribution in [0.5, 0.6) is 0 Å². The number of aliphatic hydroxyl groups excluding tert-OH is 1. The summed E-state index contributed by atoms with van der Waals surface area (Å²) in [6.45, 7) is 7.62. The molecule has 0 amide bonds. The van der Waals surface area contributed by atoms with Crippen LogP contribution in [0.2, 0.25) is 0 Å². The molecule has 3 unspecified atom stereocenters. The number of ether oxygens (including phenoxy) is 1. The number of halogens is 1. The molecule has 3 atom stereocenters. The lowest BCUT2D eigenvalue weighted by Crippen LogP contribution is -2.51. The Kier molecular flexibility index (Phi) is 4.69. The molecule has 1 aromatic heterocycles. The van der Waals surface area contributed by atoms with Crippen molar-refractivity contribution >= 4 is 15.9 Å². The molecule has 118 valence electrons. The van der Waals surface area contributed by atoms with Crippen LogP contribution in [-0.4, -0.2) is 57.7 Å². The average Bonchev–Trinajstić information content (AvgIpc) is 3.05. The number of rotatable bonds is 4. The standard InChI is InChI=1S/C15H24BrN3O2/c1-3-19-12(15(16)10(2)17-19)7-13(20)14-8-18-6-4-5-11(18)9-21-14/h11,13-14,20H,3-9H2,1-2H3. The normalized spacial score (nSPS) is 27.8. The van der Waals surface area contributed by atoms with Gasteiger partial charge in [-0.05, 0) is 49.2 Å². The van der Waals surface area contributed by atoms with E-state index in [1.54, 1.807) is 0 Å². The van der Waals surface area contributed by atoms with Gasteiger partial charge in [0, 0.05) is 25.6 Å². The highest BCUT2D eigenvalue weighted by atomic mass is 79.9. The van der Waals surface area contributed by atoms with E-state index >= 15 is 0 Å². The Balaban J connectivity index is 1.67. The molecule has 0 aliphatic carbocycles. The zero-order valence-electron chi connectivity index (χ0n) is 12.8. The van der Waals surface area contributed by atoms with Gasteiger partial charge in [0.1, 0.15) is 0 Å². The molecule has 0 aromatic carbocycles. The maximum atomic E-state index is 10.6. The van der Waals surface area contributed by atoms with Crippen LogP contribution in [0.1, 0.15) is 31.2 Å². The van der Waals surface area contributed by atoms with E-state index in [4.69, 9.17) is 4.74 Å². The number of morpholine rings is 1. The van der Waals surface area contributed by atoms with Crippen molar-refractivity contribution in [2.75, 3.05) is 19.7 Å². The molecule has 0 radical (unpaired) electrons. The van der Waals surface area contributed by atoms with Gasteiger partial charge in [0.25, 0.3) is 0 Å². The van der Waals surface area contributed by atoms with Crippen molar-refractivity contribution in [3.05, 3.63) is 15.9 Å². The second-order valence-electron chi connectivity index (χ2n) is 6.10. The van der Waals surface area contributed by atoms with Gasteiger partial charge in [0.2, 0.25) is 0 Å². The zero-order chi connectivity index (χ0) is 15.0. The summed E-state index contributed by atoms with van der Waals surface area (Å²) < 4.78 is 8.88. The van der Waals surface area contributed by atoms with Crippen molar-refractivity contribution in [1.82, 2.24) is 14.7 Å². The van der Waals surface area contributed by atoms with Gasteiger partial charge in [-0.3, -0.25) is 9.58 Å². The third kappa shape index (κ3) is 3.04. The van der Waals surface area contributed by atoms with Gasteiger partial charge in [0.15, 0.2) is 0 Å². The molecule has 0 bridgehead atoms. The van der Waals surface area contributed by atoms with Crippen LogP contribution in [0.4, 0.5) is 0 Å². The van der Waals surface area contributed by atoms with E-state index in [1.165, 1.54) is 12.8 Å². The van der Waals surface area contributed by atoms with E-state index in [-0.39, 0.29) is 6.10 Å². The van der Waals surface area contributed by atoms with Crippen molar-refractivity contribution in [2.45, 2.75) is 57.9 Å². The van der Waals surface area contributed by atoms with E-state index in [0.717, 1.165) is 42.1 Å². The predicted octanol–water partition coefficient (Wildman–Crippen LogP) is 1.74. The molecule has 3 rings (SSSR count). The van der Waals surface area contributed by atoms with Crippen LogP contribution in [0.25, 0.3) is 0 Å². The number of aromatic nitrogens is 2. The molecule has 21 heavy (non-hydrogen) atoms. The molecular formula is C15H24BrN3O2. The Bertz CT molecular complexity index is 505. The van der Waals surface area contributed by atoms with Crippen LogP contribution >= 0.6 is 15.9 Å². The Morgan fingerprint density at radius 1 is 1.52 bits per heavy atom. The van der Waals surface area contributed by atoms with E-state index in [9.17, 15) is 5.11 Å². The first-order valence-corrected chi connectivity index (χ1v) is 8.65. The maximum Gasteiger partial charge on any atom is 0.0965 e. The highest BCUT2D eigenvalue weighted by molar-refractivity contribution is 9.10. The monoisotopic (exact) mass is 357 g/mol. The molecule has 1 N–H and O–H groups in total. The Morgan fingerprint density at radius 2 is 2.33 bits per heavy atom. The van der Waals surface area contributed by atoms with Crippen LogP contribution in [0, 0.1) is 6.92 Å². The lowest BCUT2D eigenvalue weighted by Gasteiger charge is -2.37. The van der Waals surface area contributed by atoms with Gasteiger partial charge in [-0.2, -0.15) is 5.10 Å². The van der Waals surface area contributed by atoms with E-state index < -0.39 is 6.10 Å². The number of aliphatic hydroxyl groups is 1. The van der Waals surface area contributed by atoms with Crippen molar-refractivity contribution in [1.29, 1.82) is 0 Å². The average molecular weight is 358 g/mol. The van der Waals surface area contributed by atoms with Gasteiger partial charge < -0.3 is 9.84 Å². The van der Waals surface area contributed by atoms with Gasteiger partial charge in [0.05, 0.1) is 34.7 Å². The largest absolute Gasteiger partial charge is 0.390 e. The topological polar surface area (TPSA) is 50.5 Å². The van der Waals surface area contributed by atoms with E-state index in [1.807, 2.05) is 11.6 Å². The molecule has 0 spiro atoms. The summed E-state index contributed by atoms with van der Waals surface area (Å²) in [5.41, 5.74) is 2.04. The van der Waals surface area contributed by atoms with Crippen molar-refractivity contribution in [2.24, 2.45) is 0 Å². The summed E-state index contributed by atoms with van der Waals surface area (Å²) >= 11 is 3.59. The minimum atomic E-state index is -0.482. The van der Waals surface area contributed by atoms with E-state index in [2.05, 4.69) is 32.9 Å². The first-order valence-electron chi connectivity index (χ1n) is 7.85. The third-order valence-electron chi connectivity index (χ3n) is 4.70. The van der Waals surface area contributed by atoms with Crippen LogP contribution in [0.3, 0.4) is 0 Å². The summed E-state index contributed by atoms with van der Waals surface area (Å²) in [6.07, 6.45) is 2.50. The number of nitrogens with zero attached hydrogens (tertiary/aromatic N) is 3. The highest BCUT2D eigenvalue weighted by Crippen LogP contribution is 2.27. The summed E-state index contributed by atoms with van der Waals surface area (Å²) in [6, 6.07) is 0.573. The highest BCUT2D eigenvalue weighted by Gasteiger charge is 2.35. The molecule has 2 saturated heterocycles. The quantitative estimate of drug-likeness (QED) is 0.891. The number of hydrogen-bond acceptors (Lipinski definition) is 4. The van der Waals surface area contributed by atoms with Gasteiger partial charge in [-0.1, -0.05) is 0 Å². The van der Waals surface area contributed by atoms with Crippen LogP contribution in [0.15, 0.2) is 4.47 Å². The van der Waals surface area contributed by atoms with Crippen molar-refractivity contribution in [3.63, 3.8) is 0 Å². The van der Waals surface area contributed by atoms with Crippen molar-refractivity contribution < 1.29 is 9.84 Å². The van der Waals surface area contributed by atoms with E-state index in [0.29, 0.717) is 12.5 Å². The SMILES string of the molecule is CCn1nc(C)c(Br)c1CC(O)C1CN2CCCC2CO1. The molecule has 2 aliphatic rings. The molecule has 6 heteroatoms. The summed E-state index contributed by atoms with van der Waals surface area (Å²) in [7, 11) is 0. The molecule has 3 heterocycles. The maximum absolute atomic E-state index is 10.6. The number of aryl methyl sites for hydroxylation is 2. The second-order valence-corrected chi connectivity index (χ2v) is 6.89. The Morgan fingerprint density at radius 3 is 3.10 bits per heavy atom. The summed E-state index contributed by atoms with van der Waals surface area (Å²) in [4.78, 5) is 2.47. The van der Waals surface area contributed by atoms with Gasteiger partial charge >= 0.3 is 0 Å². The molecule has 0 saturated carbocycles. The fourth-order valence-electron chi connectivity index (χ4n) is 3.47. The molecule has 2 fully saturated rings. The fraction of sp³-hybridized carbons (Fsp3) is 0.800. The third-order valence-corrected chi connectivity index (χ3v) is 5.73. The predicted molar refractivity (Wildman–Crippen MR) is 84.4 cm³/mol. The lowest BCUT2D eigenvalue weighted by atomic mass is 10.1. The minimum Gasteiger partial charge on any atom is -0.390 e. The lowest BCUT2D eigenvalue weighted by molar-refractivity contribution is -0.102. The smallest absolute Gasteiger partial charge is 0.0965 e. The number of fused-ring (bicyclic) bond motifs is 1. The van der Waals surface area contributed by atoms with Crippen molar-refractivity contribution in [3.8, 4) is 0 Å². The van der Waals surface area contributed by atoms with Crippen LogP contribution < -0.4 is 0 Å². The zero-order valence-corrected chi connectivity index (χ0v) is 14.3. The first kappa shape index (κ1) is 15.5. The summed E-state index contributed by atoms with van der Waals surface area (Å²) in [5.74, 6) is 0. The molecule has 5 nitrogen and oxygen atoms in total. The summed E-state index contributed by atoms with van der Waals surface area (Å²) in [5, 5.41) is 15.1. The first-order chi connectivity index (χ1) is 10.1. The minimum absolute atomic E-state index is 0.0910. The van der Waals surface area contributed by atoms with Crippen LogP contribution in [-0.2, 0) is 17.7 Å². The Hall–Kier alpha value is -0.430.